The van der Waals surface area contributed by atoms with E-state index in [-0.39, 0.29) is 41.9 Å². The van der Waals surface area contributed by atoms with Gasteiger partial charge in [0.15, 0.2) is 11.4 Å². The van der Waals surface area contributed by atoms with Crippen LogP contribution in [0.4, 0.5) is 13.2 Å². The third kappa shape index (κ3) is 4.32. The van der Waals surface area contributed by atoms with Gasteiger partial charge in [0, 0.05) is 17.5 Å². The number of nitrogens with one attached hydrogen (secondary N) is 1. The van der Waals surface area contributed by atoms with Gasteiger partial charge in [0.2, 0.25) is 5.78 Å². The summed E-state index contributed by atoms with van der Waals surface area (Å²) in [5, 5.41) is 36.9. The molecule has 13 heteroatoms. The molecule has 1 amide bonds. The summed E-state index contributed by atoms with van der Waals surface area (Å²) in [6, 6.07) is -1.01. The zero-order valence-corrected chi connectivity index (χ0v) is 22.3. The zero-order valence-electron chi connectivity index (χ0n) is 22.3. The van der Waals surface area contributed by atoms with Crippen molar-refractivity contribution in [3.05, 3.63) is 45.2 Å². The van der Waals surface area contributed by atoms with E-state index in [0.29, 0.717) is 25.8 Å². The van der Waals surface area contributed by atoms with Gasteiger partial charge in [-0.25, -0.2) is 0 Å². The molecule has 1 aliphatic heterocycles. The fraction of sp³-hybridized carbons (Fsp3) is 0.536. The summed E-state index contributed by atoms with van der Waals surface area (Å²) < 4.78 is 50.1. The number of nitrogens with two attached hydrogens (primary N) is 2. The maximum absolute atomic E-state index is 14.7. The van der Waals surface area contributed by atoms with Gasteiger partial charge < -0.3 is 36.8 Å². The number of benzene rings is 1. The average Bonchev–Trinajstić information content (AvgIpc) is 3.43. The highest BCUT2D eigenvalue weighted by Crippen LogP contribution is 2.54. The van der Waals surface area contributed by atoms with E-state index in [2.05, 4.69) is 5.32 Å². The molecule has 0 aromatic heterocycles. The van der Waals surface area contributed by atoms with Crippen LogP contribution in [0.15, 0.2) is 23.0 Å². The first-order chi connectivity index (χ1) is 19.2. The zero-order chi connectivity index (χ0) is 30.0. The van der Waals surface area contributed by atoms with Crippen LogP contribution in [-0.4, -0.2) is 57.6 Å². The number of unbranched alkanes of at least 4 members (excludes halogenated alkanes) is 1. The maximum atomic E-state index is 14.7. The summed E-state index contributed by atoms with van der Waals surface area (Å²) in [5.74, 6) is -8.49. The van der Waals surface area contributed by atoms with Gasteiger partial charge in [0.05, 0.1) is 23.8 Å². The van der Waals surface area contributed by atoms with Gasteiger partial charge in [0.25, 0.3) is 5.91 Å². The predicted molar refractivity (Wildman–Crippen MR) is 138 cm³/mol. The molecule has 1 aromatic rings. The van der Waals surface area contributed by atoms with Crippen molar-refractivity contribution in [1.82, 2.24) is 5.32 Å². The molecule has 0 radical (unpaired) electrons. The summed E-state index contributed by atoms with van der Waals surface area (Å²) in [7, 11) is 0. The van der Waals surface area contributed by atoms with Crippen LogP contribution in [0.2, 0.25) is 0 Å². The van der Waals surface area contributed by atoms with Crippen molar-refractivity contribution >= 4 is 23.2 Å². The van der Waals surface area contributed by atoms with E-state index in [4.69, 9.17) is 16.2 Å². The Hall–Kier alpha value is -3.42. The lowest BCUT2D eigenvalue weighted by Gasteiger charge is -2.48. The van der Waals surface area contributed by atoms with Gasteiger partial charge >= 0.3 is 6.18 Å². The van der Waals surface area contributed by atoms with Crippen LogP contribution in [-0.2, 0) is 27.0 Å². The number of carbonyl (C=O) groups excluding carboxylic acids is 3. The molecule has 5 rings (SSSR count). The summed E-state index contributed by atoms with van der Waals surface area (Å²) in [4.78, 5) is 38.5. The maximum Gasteiger partial charge on any atom is 0.417 e. The standard InChI is InChI=1S/C28H32F3N3O7/c1-2-3-7-41-16-10-12(15-5-4-6-34-15)20(28(29,30)31)13-8-11-9-14-21(32)23(36)19(26(33)39)25(38)27(14,40)24(37)17(11)22(35)18(13)16/h10-11,14-15,21,34-35,38,40H,2-9,32H2,1H3,(H2,33,39)/t11-,14-,15?,21-,27-/m0/s1. The van der Waals surface area contributed by atoms with E-state index < -0.39 is 81.4 Å². The number of rotatable bonds is 6. The second kappa shape index (κ2) is 10.1. The van der Waals surface area contributed by atoms with Gasteiger partial charge in [0.1, 0.15) is 22.8 Å². The largest absolute Gasteiger partial charge is 0.508 e. The molecule has 1 unspecified atom stereocenters. The summed E-state index contributed by atoms with van der Waals surface area (Å²) in [5.41, 5.74) is 5.35. The van der Waals surface area contributed by atoms with Crippen molar-refractivity contribution in [2.24, 2.45) is 23.3 Å². The fourth-order valence-electron chi connectivity index (χ4n) is 6.80. The van der Waals surface area contributed by atoms with Crippen molar-refractivity contribution < 1.29 is 47.6 Å². The summed E-state index contributed by atoms with van der Waals surface area (Å²) >= 11 is 0. The Labute approximate surface area is 233 Å². The van der Waals surface area contributed by atoms with E-state index in [1.165, 1.54) is 6.07 Å². The molecule has 1 saturated heterocycles. The number of halogens is 3. The Bertz CT molecular complexity index is 1400. The number of fused-ring (bicyclic) bond motifs is 3. The lowest BCUT2D eigenvalue weighted by Crippen LogP contribution is -2.65. The first-order valence-corrected chi connectivity index (χ1v) is 13.6. The van der Waals surface area contributed by atoms with Crippen LogP contribution in [0.25, 0.3) is 5.76 Å². The molecule has 2 fully saturated rings. The fourth-order valence-corrected chi connectivity index (χ4v) is 6.80. The number of alkyl halides is 3. The summed E-state index contributed by atoms with van der Waals surface area (Å²) in [6.45, 7) is 2.58. The number of ether oxygens (including phenoxy) is 1. The molecule has 10 nitrogen and oxygen atoms in total. The Balaban J connectivity index is 1.76. The highest BCUT2D eigenvalue weighted by molar-refractivity contribution is 6.24. The van der Waals surface area contributed by atoms with Gasteiger partial charge in [-0.15, -0.1) is 0 Å². The van der Waals surface area contributed by atoms with Gasteiger partial charge in [-0.3, -0.25) is 14.4 Å². The Morgan fingerprint density at radius 1 is 1.27 bits per heavy atom. The normalized spacial score (nSPS) is 29.8. The van der Waals surface area contributed by atoms with Crippen LogP contribution in [0, 0.1) is 11.8 Å². The second-order valence-electron chi connectivity index (χ2n) is 11.1. The number of amides is 1. The highest BCUT2D eigenvalue weighted by Gasteiger charge is 2.63. The van der Waals surface area contributed by atoms with Crippen LogP contribution >= 0.6 is 0 Å². The van der Waals surface area contributed by atoms with Crippen LogP contribution in [0.3, 0.4) is 0 Å². The van der Waals surface area contributed by atoms with Crippen molar-refractivity contribution in [3.63, 3.8) is 0 Å². The van der Waals surface area contributed by atoms with Crippen LogP contribution < -0.4 is 21.5 Å². The van der Waals surface area contributed by atoms with E-state index >= 15 is 0 Å². The number of aliphatic hydroxyl groups excluding tert-OH is 2. The minimum Gasteiger partial charge on any atom is -0.508 e. The number of carbonyl (C=O) groups is 3. The lowest BCUT2D eigenvalue weighted by molar-refractivity contribution is -0.149. The number of primary amides is 1. The third-order valence-electron chi connectivity index (χ3n) is 8.74. The Kier molecular flexibility index (Phi) is 7.19. The first-order valence-electron chi connectivity index (χ1n) is 13.6. The Morgan fingerprint density at radius 3 is 2.56 bits per heavy atom. The SMILES string of the molecule is CCCCOc1cc(C2CCCN2)c(C(F)(F)F)c2c1C(O)=C1C(=O)[C@]3(O)C(O)=C(C(N)=O)C(=O)[C@@H](N)[C@@H]3C[C@@H]1C2. The molecule has 0 bridgehead atoms. The molecular formula is C28H32F3N3O7. The number of hydrogen-bond donors (Lipinski definition) is 6. The van der Waals surface area contributed by atoms with Crippen LogP contribution in [0.1, 0.15) is 67.3 Å². The topological polar surface area (TPSA) is 185 Å². The quantitative estimate of drug-likeness (QED) is 0.217. The molecular weight excluding hydrogens is 547 g/mol. The van der Waals surface area contributed by atoms with Crippen molar-refractivity contribution in [3.8, 4) is 5.75 Å². The van der Waals surface area contributed by atoms with Crippen molar-refractivity contribution in [1.29, 1.82) is 0 Å². The average molecular weight is 580 g/mol. The summed E-state index contributed by atoms with van der Waals surface area (Å²) in [6.07, 6.45) is -3.08. The monoisotopic (exact) mass is 579 g/mol. The molecule has 1 saturated carbocycles. The van der Waals surface area contributed by atoms with Gasteiger partial charge in [-0.1, -0.05) is 13.3 Å². The lowest BCUT2D eigenvalue weighted by atomic mass is 9.57. The minimum atomic E-state index is -4.82. The molecule has 1 aromatic carbocycles. The van der Waals surface area contributed by atoms with Crippen molar-refractivity contribution in [2.45, 2.75) is 69.3 Å². The molecule has 222 valence electrons. The second-order valence-corrected chi connectivity index (χ2v) is 11.1. The smallest absolute Gasteiger partial charge is 0.417 e. The number of aliphatic hydroxyl groups is 3. The van der Waals surface area contributed by atoms with E-state index in [1.54, 1.807) is 0 Å². The third-order valence-corrected chi connectivity index (χ3v) is 8.74. The first kappa shape index (κ1) is 29.1. The van der Waals surface area contributed by atoms with E-state index in [1.807, 2.05) is 6.92 Å². The van der Waals surface area contributed by atoms with Crippen molar-refractivity contribution in [2.75, 3.05) is 13.2 Å². The molecule has 4 aliphatic rings. The molecule has 41 heavy (non-hydrogen) atoms. The number of Topliss-reactive ketones (excluding diaryl/α,β-unsaturated/α-hetero) is 2. The van der Waals surface area contributed by atoms with Gasteiger partial charge in [-0.05, 0) is 61.8 Å². The van der Waals surface area contributed by atoms with E-state index in [0.717, 1.165) is 6.42 Å². The molecule has 8 N–H and O–H groups in total. The predicted octanol–water partition coefficient (Wildman–Crippen LogP) is 2.28. The number of hydrogen-bond acceptors (Lipinski definition) is 9. The highest BCUT2D eigenvalue weighted by atomic mass is 19.4. The van der Waals surface area contributed by atoms with Crippen LogP contribution in [0.5, 0.6) is 5.75 Å². The Morgan fingerprint density at radius 2 is 1.98 bits per heavy atom. The molecule has 0 spiro atoms. The minimum absolute atomic E-state index is 0.0219. The molecule has 5 atom stereocenters. The molecule has 1 heterocycles. The number of ketones is 2. The molecule has 3 aliphatic carbocycles. The van der Waals surface area contributed by atoms with Gasteiger partial charge in [-0.2, -0.15) is 13.2 Å². The van der Waals surface area contributed by atoms with E-state index in [9.17, 15) is 42.9 Å².